The zero-order valence-electron chi connectivity index (χ0n) is 9.01. The number of primary sulfonamides is 1. The fraction of sp³-hybridized carbons (Fsp3) is 0.400. The van der Waals surface area contributed by atoms with E-state index in [0.717, 1.165) is 6.42 Å². The molecule has 0 saturated carbocycles. The summed E-state index contributed by atoms with van der Waals surface area (Å²) in [5.41, 5.74) is 0.561. The van der Waals surface area contributed by atoms with Crippen LogP contribution in [0.3, 0.4) is 0 Å². The third kappa shape index (κ3) is 3.71. The number of carbonyl (C=O) groups excluding carboxylic acids is 1. The summed E-state index contributed by atoms with van der Waals surface area (Å²) in [6, 6.07) is 2.87. The van der Waals surface area contributed by atoms with Gasteiger partial charge in [0.25, 0.3) is 0 Å². The first kappa shape index (κ1) is 12.8. The van der Waals surface area contributed by atoms with E-state index in [4.69, 9.17) is 5.14 Å². The minimum Gasteiger partial charge on any atom is -0.299 e. The molecule has 0 aliphatic rings. The molecule has 1 aromatic heterocycles. The van der Waals surface area contributed by atoms with Crippen molar-refractivity contribution >= 4 is 15.8 Å². The second-order valence-electron chi connectivity index (χ2n) is 3.50. The van der Waals surface area contributed by atoms with Gasteiger partial charge in [0.05, 0.1) is 0 Å². The Labute approximate surface area is 94.7 Å². The molecule has 0 spiro atoms. The number of rotatable bonds is 5. The van der Waals surface area contributed by atoms with Gasteiger partial charge < -0.3 is 0 Å². The van der Waals surface area contributed by atoms with Crippen LogP contribution in [0.25, 0.3) is 0 Å². The zero-order chi connectivity index (χ0) is 12.2. The predicted molar refractivity (Wildman–Crippen MR) is 59.2 cm³/mol. The highest BCUT2D eigenvalue weighted by molar-refractivity contribution is 7.89. The van der Waals surface area contributed by atoms with Gasteiger partial charge in [-0.15, -0.1) is 0 Å². The molecule has 0 atom stereocenters. The lowest BCUT2D eigenvalue weighted by Crippen LogP contribution is -2.13. The fourth-order valence-electron chi connectivity index (χ4n) is 1.25. The Morgan fingerprint density at radius 3 is 2.56 bits per heavy atom. The molecule has 16 heavy (non-hydrogen) atoms. The quantitative estimate of drug-likeness (QED) is 0.820. The number of Topliss-reactive ketones (excluding diaryl/α,β-unsaturated/α-hetero) is 1. The Morgan fingerprint density at radius 1 is 1.44 bits per heavy atom. The lowest BCUT2D eigenvalue weighted by molar-refractivity contribution is -0.118. The highest BCUT2D eigenvalue weighted by atomic mass is 32.2. The third-order valence-electron chi connectivity index (χ3n) is 2.03. The van der Waals surface area contributed by atoms with Gasteiger partial charge in [-0.3, -0.25) is 9.78 Å². The molecule has 0 unspecified atom stereocenters. The highest BCUT2D eigenvalue weighted by Gasteiger charge is 2.09. The minimum absolute atomic E-state index is 0.0424. The molecule has 0 aliphatic heterocycles. The van der Waals surface area contributed by atoms with Gasteiger partial charge in [0.1, 0.15) is 10.7 Å². The second-order valence-corrected chi connectivity index (χ2v) is 5.06. The van der Waals surface area contributed by atoms with Gasteiger partial charge >= 0.3 is 0 Å². The van der Waals surface area contributed by atoms with Crippen molar-refractivity contribution in [3.8, 4) is 0 Å². The molecule has 5 nitrogen and oxygen atoms in total. The Bertz CT molecular complexity index is 465. The number of pyridine rings is 1. The van der Waals surface area contributed by atoms with E-state index in [0.29, 0.717) is 12.1 Å². The molecule has 0 aromatic carbocycles. The Hall–Kier alpha value is -1.27. The van der Waals surface area contributed by atoms with Crippen molar-refractivity contribution in [2.24, 2.45) is 5.14 Å². The standard InChI is InChI=1S/C10H14N2O3S/c1-2-3-9(13)6-8-4-5-10(7-12-8)16(11,14)15/h4-5,7H,2-3,6H2,1H3,(H2,11,14,15). The maximum absolute atomic E-state index is 11.3. The van der Waals surface area contributed by atoms with Gasteiger partial charge in [0, 0.05) is 24.7 Å². The summed E-state index contributed by atoms with van der Waals surface area (Å²) in [4.78, 5) is 15.2. The summed E-state index contributed by atoms with van der Waals surface area (Å²) in [7, 11) is -3.71. The molecule has 0 saturated heterocycles. The van der Waals surface area contributed by atoms with Crippen LogP contribution in [0.2, 0.25) is 0 Å². The van der Waals surface area contributed by atoms with Crippen molar-refractivity contribution < 1.29 is 13.2 Å². The number of nitrogens with two attached hydrogens (primary N) is 1. The molecule has 1 rings (SSSR count). The highest BCUT2D eigenvalue weighted by Crippen LogP contribution is 2.07. The van der Waals surface area contributed by atoms with Crippen LogP contribution in [0.4, 0.5) is 0 Å². The van der Waals surface area contributed by atoms with Crippen LogP contribution >= 0.6 is 0 Å². The lowest BCUT2D eigenvalue weighted by atomic mass is 10.1. The first-order chi connectivity index (χ1) is 7.43. The van der Waals surface area contributed by atoms with E-state index < -0.39 is 10.0 Å². The number of hydrogen-bond donors (Lipinski definition) is 1. The molecular formula is C10H14N2O3S. The molecule has 1 heterocycles. The van der Waals surface area contributed by atoms with E-state index in [1.807, 2.05) is 6.92 Å². The van der Waals surface area contributed by atoms with E-state index in [2.05, 4.69) is 4.98 Å². The lowest BCUT2D eigenvalue weighted by Gasteiger charge is -2.01. The van der Waals surface area contributed by atoms with Gasteiger partial charge in [0.2, 0.25) is 10.0 Å². The Morgan fingerprint density at radius 2 is 2.12 bits per heavy atom. The summed E-state index contributed by atoms with van der Waals surface area (Å²) in [5.74, 6) is 0.0957. The number of nitrogens with zero attached hydrogens (tertiary/aromatic N) is 1. The summed E-state index contributed by atoms with van der Waals surface area (Å²) < 4.78 is 21.9. The van der Waals surface area contributed by atoms with Crippen molar-refractivity contribution in [2.75, 3.05) is 0 Å². The van der Waals surface area contributed by atoms with Gasteiger partial charge in [-0.2, -0.15) is 0 Å². The van der Waals surface area contributed by atoms with E-state index in [-0.39, 0.29) is 17.1 Å². The molecule has 0 bridgehead atoms. The van der Waals surface area contributed by atoms with Crippen molar-refractivity contribution in [3.63, 3.8) is 0 Å². The predicted octanol–water partition coefficient (Wildman–Crippen LogP) is 0.641. The normalized spacial score (nSPS) is 11.4. The van der Waals surface area contributed by atoms with Crippen molar-refractivity contribution in [3.05, 3.63) is 24.0 Å². The summed E-state index contributed by atoms with van der Waals surface area (Å²) in [5, 5.41) is 4.92. The van der Waals surface area contributed by atoms with Crippen molar-refractivity contribution in [1.29, 1.82) is 0 Å². The maximum Gasteiger partial charge on any atom is 0.239 e. The third-order valence-corrected chi connectivity index (χ3v) is 2.93. The van der Waals surface area contributed by atoms with E-state index >= 15 is 0 Å². The summed E-state index contributed by atoms with van der Waals surface area (Å²) >= 11 is 0. The van der Waals surface area contributed by atoms with Crippen LogP contribution in [0.5, 0.6) is 0 Å². The number of sulfonamides is 1. The van der Waals surface area contributed by atoms with Crippen LogP contribution in [0.15, 0.2) is 23.2 Å². The van der Waals surface area contributed by atoms with Crippen molar-refractivity contribution in [1.82, 2.24) is 4.98 Å². The summed E-state index contributed by atoms with van der Waals surface area (Å²) in [6.07, 6.45) is 2.72. The van der Waals surface area contributed by atoms with Gasteiger partial charge in [-0.1, -0.05) is 6.92 Å². The van der Waals surface area contributed by atoms with E-state index in [1.54, 1.807) is 0 Å². The van der Waals surface area contributed by atoms with Crippen LogP contribution in [0, 0.1) is 0 Å². The topological polar surface area (TPSA) is 90.1 Å². The van der Waals surface area contributed by atoms with Crippen LogP contribution in [-0.4, -0.2) is 19.2 Å². The minimum atomic E-state index is -3.71. The average molecular weight is 242 g/mol. The molecule has 88 valence electrons. The molecule has 0 aliphatic carbocycles. The average Bonchev–Trinajstić information content (AvgIpc) is 2.17. The van der Waals surface area contributed by atoms with Gasteiger partial charge in [0.15, 0.2) is 0 Å². The molecule has 1 aromatic rings. The first-order valence-corrected chi connectivity index (χ1v) is 6.47. The molecule has 0 fully saturated rings. The number of ketones is 1. The van der Waals surface area contributed by atoms with Gasteiger partial charge in [-0.25, -0.2) is 13.6 Å². The fourth-order valence-corrected chi connectivity index (χ4v) is 1.71. The SMILES string of the molecule is CCCC(=O)Cc1ccc(S(N)(=O)=O)cn1. The number of carbonyl (C=O) groups is 1. The molecule has 0 radical (unpaired) electrons. The second kappa shape index (κ2) is 5.18. The smallest absolute Gasteiger partial charge is 0.239 e. The molecular weight excluding hydrogens is 228 g/mol. The zero-order valence-corrected chi connectivity index (χ0v) is 9.83. The molecule has 0 amide bonds. The van der Waals surface area contributed by atoms with Gasteiger partial charge in [-0.05, 0) is 18.6 Å². The monoisotopic (exact) mass is 242 g/mol. The van der Waals surface area contributed by atoms with Crippen molar-refractivity contribution in [2.45, 2.75) is 31.1 Å². The largest absolute Gasteiger partial charge is 0.299 e. The first-order valence-electron chi connectivity index (χ1n) is 4.93. The van der Waals surface area contributed by atoms with Crippen LogP contribution in [-0.2, 0) is 21.2 Å². The number of hydrogen-bond acceptors (Lipinski definition) is 4. The van der Waals surface area contributed by atoms with E-state index in [1.165, 1.54) is 18.3 Å². The molecule has 6 heteroatoms. The molecule has 2 N–H and O–H groups in total. The maximum atomic E-state index is 11.3. The van der Waals surface area contributed by atoms with Crippen LogP contribution in [0.1, 0.15) is 25.5 Å². The Kier molecular flexibility index (Phi) is 4.14. The summed E-state index contributed by atoms with van der Waals surface area (Å²) in [6.45, 7) is 1.93. The Balaban J connectivity index is 2.76. The number of aromatic nitrogens is 1. The van der Waals surface area contributed by atoms with Crippen LogP contribution < -0.4 is 5.14 Å². The van der Waals surface area contributed by atoms with E-state index in [9.17, 15) is 13.2 Å².